The van der Waals surface area contributed by atoms with E-state index in [0.29, 0.717) is 5.57 Å². The minimum Gasteiger partial charge on any atom is -0.450 e. The van der Waals surface area contributed by atoms with Crippen molar-refractivity contribution in [2.45, 2.75) is 31.0 Å². The van der Waals surface area contributed by atoms with Crippen LogP contribution in [0.2, 0.25) is 0 Å². The number of β-lactam (4-membered cyclic amide) rings is 1. The van der Waals surface area contributed by atoms with Crippen molar-refractivity contribution < 1.29 is 33.8 Å². The van der Waals surface area contributed by atoms with Crippen molar-refractivity contribution in [1.82, 2.24) is 10.2 Å². The number of hydrogen-bond donors (Lipinski definition) is 2. The Morgan fingerprint density at radius 1 is 1.32 bits per heavy atom. The van der Waals surface area contributed by atoms with Gasteiger partial charge in [-0.05, 0) is 5.56 Å². The van der Waals surface area contributed by atoms with Gasteiger partial charge in [0.25, 0.3) is 5.91 Å². The van der Waals surface area contributed by atoms with Crippen LogP contribution in [0.25, 0.3) is 0 Å². The standard InChI is InChI=1S/C18H18N2O7S/c1-10(21)26-8-12-9-28-17-14(15(23)20(17)16(12)27-18(24)25)19-13(22)7-11-5-3-2-4-6-11/h2-6,8,14,16-17H,7,9H2,1H3,(H,19,22)(H,24,25)/t14?,16?,17-/m0/s1. The Morgan fingerprint density at radius 2 is 2.04 bits per heavy atom. The zero-order valence-corrected chi connectivity index (χ0v) is 15.7. The van der Waals surface area contributed by atoms with Crippen molar-refractivity contribution in [2.24, 2.45) is 0 Å². The van der Waals surface area contributed by atoms with E-state index in [0.717, 1.165) is 11.8 Å². The number of carbonyl (C=O) groups excluding carboxylic acids is 3. The fourth-order valence-corrected chi connectivity index (χ4v) is 4.29. The van der Waals surface area contributed by atoms with Crippen molar-refractivity contribution in [3.63, 3.8) is 0 Å². The summed E-state index contributed by atoms with van der Waals surface area (Å²) in [5, 5.41) is 11.2. The Bertz CT molecular complexity index is 826. The van der Waals surface area contributed by atoms with Crippen molar-refractivity contribution in [2.75, 3.05) is 5.75 Å². The largest absolute Gasteiger partial charge is 0.507 e. The maximum atomic E-state index is 12.5. The summed E-state index contributed by atoms with van der Waals surface area (Å²) in [6.07, 6.45) is -1.52. The Labute approximate surface area is 164 Å². The van der Waals surface area contributed by atoms with E-state index in [1.54, 1.807) is 0 Å². The minimum atomic E-state index is -1.56. The van der Waals surface area contributed by atoms with Crippen LogP contribution in [-0.2, 0) is 30.3 Å². The predicted molar refractivity (Wildman–Crippen MR) is 97.9 cm³/mol. The molecule has 0 saturated carbocycles. The van der Waals surface area contributed by atoms with E-state index in [1.165, 1.54) is 23.6 Å². The fourth-order valence-electron chi connectivity index (χ4n) is 2.96. The number of fused-ring (bicyclic) bond motifs is 1. The summed E-state index contributed by atoms with van der Waals surface area (Å²) in [4.78, 5) is 48.1. The molecule has 9 nitrogen and oxygen atoms in total. The van der Waals surface area contributed by atoms with Gasteiger partial charge >= 0.3 is 12.1 Å². The summed E-state index contributed by atoms with van der Waals surface area (Å²) in [6, 6.07) is 8.34. The highest BCUT2D eigenvalue weighted by molar-refractivity contribution is 8.00. The van der Waals surface area contributed by atoms with Crippen LogP contribution in [-0.4, -0.2) is 57.3 Å². The van der Waals surface area contributed by atoms with E-state index in [1.807, 2.05) is 30.3 Å². The molecule has 2 unspecified atom stereocenters. The Kier molecular flexibility index (Phi) is 5.88. The van der Waals surface area contributed by atoms with Gasteiger partial charge in [0.05, 0.1) is 6.42 Å². The van der Waals surface area contributed by atoms with Gasteiger partial charge in [0.1, 0.15) is 17.7 Å². The zero-order valence-electron chi connectivity index (χ0n) is 14.9. The molecule has 1 aromatic rings. The van der Waals surface area contributed by atoms with Gasteiger partial charge in [-0.25, -0.2) is 4.79 Å². The summed E-state index contributed by atoms with van der Waals surface area (Å²) in [6.45, 7) is 1.20. The SMILES string of the molecule is CC(=O)OC=C1CS[C@H]2C(NC(=O)Cc3ccccc3)C(=O)N2C1OC(=O)O. The van der Waals surface area contributed by atoms with Gasteiger partial charge in [-0.2, -0.15) is 0 Å². The first-order valence-electron chi connectivity index (χ1n) is 8.39. The second-order valence-electron chi connectivity index (χ2n) is 6.19. The molecule has 3 rings (SSSR count). The molecule has 1 aromatic carbocycles. The molecule has 2 heterocycles. The lowest BCUT2D eigenvalue weighted by Gasteiger charge is -2.52. The van der Waals surface area contributed by atoms with E-state index in [2.05, 4.69) is 5.32 Å². The lowest BCUT2D eigenvalue weighted by molar-refractivity contribution is -0.162. The van der Waals surface area contributed by atoms with Crippen LogP contribution in [0.4, 0.5) is 4.79 Å². The number of benzene rings is 1. The van der Waals surface area contributed by atoms with Crippen LogP contribution >= 0.6 is 11.8 Å². The third kappa shape index (κ3) is 4.28. The van der Waals surface area contributed by atoms with E-state index < -0.39 is 35.7 Å². The van der Waals surface area contributed by atoms with Crippen LogP contribution in [0.1, 0.15) is 12.5 Å². The molecule has 2 fully saturated rings. The summed E-state index contributed by atoms with van der Waals surface area (Å²) in [7, 11) is 0. The highest BCUT2D eigenvalue weighted by atomic mass is 32.2. The average molecular weight is 406 g/mol. The number of carboxylic acid groups (broad SMARTS) is 1. The molecule has 3 atom stereocenters. The molecule has 0 aromatic heterocycles. The molecule has 2 aliphatic rings. The number of ether oxygens (including phenoxy) is 2. The first-order valence-corrected chi connectivity index (χ1v) is 9.44. The smallest absolute Gasteiger partial charge is 0.450 e. The Morgan fingerprint density at radius 3 is 2.68 bits per heavy atom. The van der Waals surface area contributed by atoms with E-state index in [9.17, 15) is 19.2 Å². The van der Waals surface area contributed by atoms with E-state index in [4.69, 9.17) is 14.6 Å². The molecule has 148 valence electrons. The molecule has 0 aliphatic carbocycles. The topological polar surface area (TPSA) is 122 Å². The van der Waals surface area contributed by atoms with Crippen LogP contribution in [0.3, 0.4) is 0 Å². The van der Waals surface area contributed by atoms with Crippen molar-refractivity contribution in [3.05, 3.63) is 47.7 Å². The zero-order chi connectivity index (χ0) is 20.3. The lowest BCUT2D eigenvalue weighted by atomic mass is 10.0. The minimum absolute atomic E-state index is 0.134. The van der Waals surface area contributed by atoms with Crippen molar-refractivity contribution in [1.29, 1.82) is 0 Å². The summed E-state index contributed by atoms with van der Waals surface area (Å²) in [5.41, 5.74) is 1.15. The van der Waals surface area contributed by atoms with Crippen molar-refractivity contribution >= 4 is 35.7 Å². The number of rotatable bonds is 5. The first kappa shape index (κ1) is 19.7. The molecule has 2 saturated heterocycles. The highest BCUT2D eigenvalue weighted by Gasteiger charge is 2.56. The number of amides is 2. The van der Waals surface area contributed by atoms with Crippen LogP contribution in [0, 0.1) is 0 Å². The number of esters is 1. The molecule has 10 heteroatoms. The van der Waals surface area contributed by atoms with Gasteiger partial charge in [-0.3, -0.25) is 19.3 Å². The monoisotopic (exact) mass is 406 g/mol. The maximum Gasteiger partial charge on any atom is 0.507 e. The van der Waals surface area contributed by atoms with Crippen LogP contribution in [0.5, 0.6) is 0 Å². The molecular formula is C18H18N2O7S. The molecule has 2 aliphatic heterocycles. The van der Waals surface area contributed by atoms with Gasteiger partial charge in [0, 0.05) is 18.2 Å². The van der Waals surface area contributed by atoms with E-state index >= 15 is 0 Å². The first-order chi connectivity index (χ1) is 13.4. The van der Waals surface area contributed by atoms with Gasteiger partial charge in [-0.15, -0.1) is 11.8 Å². The number of nitrogens with one attached hydrogen (secondary N) is 1. The van der Waals surface area contributed by atoms with E-state index in [-0.39, 0.29) is 18.1 Å². The number of hydrogen-bond acceptors (Lipinski definition) is 7. The second kappa shape index (κ2) is 8.34. The molecule has 2 N–H and O–H groups in total. The predicted octanol–water partition coefficient (Wildman–Crippen LogP) is 1.10. The van der Waals surface area contributed by atoms with Gasteiger partial charge in [0.2, 0.25) is 12.1 Å². The number of carbonyl (C=O) groups is 4. The van der Waals surface area contributed by atoms with Gasteiger partial charge < -0.3 is 19.9 Å². The molecule has 28 heavy (non-hydrogen) atoms. The Hall–Kier alpha value is -3.01. The van der Waals surface area contributed by atoms with Gasteiger partial charge in [-0.1, -0.05) is 30.3 Å². The average Bonchev–Trinajstić information content (AvgIpc) is 2.64. The van der Waals surface area contributed by atoms with Gasteiger partial charge in [0.15, 0.2) is 0 Å². The normalized spacial score (nSPS) is 24.8. The summed E-state index contributed by atoms with van der Waals surface area (Å²) in [5.74, 6) is -1.06. The molecular weight excluding hydrogens is 388 g/mol. The summed E-state index contributed by atoms with van der Waals surface area (Å²) >= 11 is 1.32. The second-order valence-corrected chi connectivity index (χ2v) is 7.30. The summed E-state index contributed by atoms with van der Waals surface area (Å²) < 4.78 is 9.62. The third-order valence-corrected chi connectivity index (χ3v) is 5.52. The molecule has 0 spiro atoms. The van der Waals surface area contributed by atoms with Crippen LogP contribution in [0.15, 0.2) is 42.2 Å². The Balaban J connectivity index is 1.68. The number of nitrogens with zero attached hydrogens (tertiary/aromatic N) is 1. The third-order valence-electron chi connectivity index (χ3n) is 4.18. The van der Waals surface area contributed by atoms with Crippen molar-refractivity contribution in [3.8, 4) is 0 Å². The highest BCUT2D eigenvalue weighted by Crippen LogP contribution is 2.40. The molecule has 0 bridgehead atoms. The fraction of sp³-hybridized carbons (Fsp3) is 0.333. The molecule has 2 amide bonds. The lowest BCUT2D eigenvalue weighted by Crippen LogP contribution is -2.74. The molecule has 0 radical (unpaired) electrons. The maximum absolute atomic E-state index is 12.5. The number of thioether (sulfide) groups is 1. The quantitative estimate of drug-likeness (QED) is 0.423. The van der Waals surface area contributed by atoms with Crippen LogP contribution < -0.4 is 5.32 Å².